The monoisotopic (exact) mass is 264 g/mol. The molecule has 0 aliphatic heterocycles. The van der Waals surface area contributed by atoms with Gasteiger partial charge in [-0.2, -0.15) is 0 Å². The summed E-state index contributed by atoms with van der Waals surface area (Å²) < 4.78 is 4.79. The number of hydrogen-bond donors (Lipinski definition) is 4. The van der Waals surface area contributed by atoms with Gasteiger partial charge in [-0.05, 0) is 13.3 Å². The van der Waals surface area contributed by atoms with Gasteiger partial charge in [0.05, 0.1) is 0 Å². The lowest BCUT2D eigenvalue weighted by Gasteiger charge is -2.29. The maximum Gasteiger partial charge on any atom is 0.336 e. The van der Waals surface area contributed by atoms with Gasteiger partial charge in [0, 0.05) is 0 Å². The van der Waals surface area contributed by atoms with Crippen LogP contribution in [0.5, 0.6) is 0 Å². The number of rotatable bonds is 8. The molecule has 0 aliphatic rings. The summed E-state index contributed by atoms with van der Waals surface area (Å²) in [7, 11) is 0. The Morgan fingerprint density at radius 2 is 1.67 bits per heavy atom. The van der Waals surface area contributed by atoms with Crippen LogP contribution >= 0.6 is 0 Å². The summed E-state index contributed by atoms with van der Waals surface area (Å²) in [4.78, 5) is 32.3. The molecule has 0 bridgehead atoms. The highest BCUT2D eigenvalue weighted by Gasteiger charge is 2.43. The smallest absolute Gasteiger partial charge is 0.336 e. The van der Waals surface area contributed by atoms with E-state index in [1.807, 2.05) is 0 Å². The van der Waals surface area contributed by atoms with Crippen molar-refractivity contribution >= 4 is 17.9 Å². The van der Waals surface area contributed by atoms with Gasteiger partial charge in [-0.3, -0.25) is 0 Å². The van der Waals surface area contributed by atoms with E-state index < -0.39 is 35.7 Å². The topological polar surface area (TPSA) is 141 Å². The zero-order chi connectivity index (χ0) is 14.5. The van der Waals surface area contributed by atoms with Crippen molar-refractivity contribution in [1.82, 2.24) is 0 Å². The predicted molar refractivity (Wildman–Crippen MR) is 57.1 cm³/mol. The van der Waals surface area contributed by atoms with E-state index in [-0.39, 0.29) is 6.42 Å². The van der Waals surface area contributed by atoms with Gasteiger partial charge in [0.15, 0.2) is 17.8 Å². The third kappa shape index (κ3) is 3.97. The van der Waals surface area contributed by atoms with E-state index >= 15 is 0 Å². The van der Waals surface area contributed by atoms with Crippen molar-refractivity contribution in [3.63, 3.8) is 0 Å². The van der Waals surface area contributed by atoms with Crippen molar-refractivity contribution in [2.45, 2.75) is 44.5 Å². The summed E-state index contributed by atoms with van der Waals surface area (Å²) in [5.41, 5.74) is -1.87. The van der Waals surface area contributed by atoms with Crippen LogP contribution in [-0.4, -0.2) is 56.1 Å². The zero-order valence-electron chi connectivity index (χ0n) is 9.99. The maximum absolute atomic E-state index is 11.0. The third-order valence-corrected chi connectivity index (χ3v) is 2.35. The normalized spacial score (nSPS) is 17.5. The number of ether oxygens (including phenoxy) is 1. The Labute approximate surface area is 103 Å². The highest BCUT2D eigenvalue weighted by atomic mass is 16.6. The van der Waals surface area contributed by atoms with Crippen molar-refractivity contribution in [1.29, 1.82) is 0 Å². The van der Waals surface area contributed by atoms with Gasteiger partial charge in [0.25, 0.3) is 0 Å². The lowest BCUT2D eigenvalue weighted by molar-refractivity contribution is -0.197. The molecule has 0 radical (unpaired) electrons. The first-order chi connectivity index (χ1) is 8.15. The molecular formula is C10H16O8. The first-order valence-electron chi connectivity index (χ1n) is 5.20. The SMILES string of the molecule is CCCC(C)(OC(C(=O)O)C(O)C(=O)O)C(=O)O. The third-order valence-electron chi connectivity index (χ3n) is 2.35. The van der Waals surface area contributed by atoms with Crippen LogP contribution in [-0.2, 0) is 19.1 Å². The molecule has 0 spiro atoms. The number of aliphatic hydroxyl groups is 1. The van der Waals surface area contributed by atoms with Crippen LogP contribution in [0.4, 0.5) is 0 Å². The number of carbonyl (C=O) groups is 3. The van der Waals surface area contributed by atoms with Crippen molar-refractivity contribution < 1.29 is 39.5 Å². The van der Waals surface area contributed by atoms with Crippen molar-refractivity contribution in [2.24, 2.45) is 0 Å². The molecule has 0 aliphatic carbocycles. The predicted octanol–water partition coefficient (Wildman–Crippen LogP) is -0.455. The Balaban J connectivity index is 5.12. The van der Waals surface area contributed by atoms with Crippen LogP contribution in [0.3, 0.4) is 0 Å². The molecule has 3 unspecified atom stereocenters. The van der Waals surface area contributed by atoms with E-state index in [4.69, 9.17) is 20.1 Å². The Bertz CT molecular complexity index is 339. The van der Waals surface area contributed by atoms with Gasteiger partial charge in [0.1, 0.15) is 0 Å². The maximum atomic E-state index is 11.0. The Morgan fingerprint density at radius 3 is 1.94 bits per heavy atom. The summed E-state index contributed by atoms with van der Waals surface area (Å²) >= 11 is 0. The molecule has 104 valence electrons. The minimum absolute atomic E-state index is 0.0154. The van der Waals surface area contributed by atoms with E-state index in [2.05, 4.69) is 0 Å². The molecule has 0 aromatic rings. The van der Waals surface area contributed by atoms with E-state index in [0.717, 1.165) is 6.92 Å². The molecule has 0 fully saturated rings. The fourth-order valence-electron chi connectivity index (χ4n) is 1.35. The van der Waals surface area contributed by atoms with Crippen molar-refractivity contribution in [2.75, 3.05) is 0 Å². The van der Waals surface area contributed by atoms with E-state index in [9.17, 15) is 19.5 Å². The fourth-order valence-corrected chi connectivity index (χ4v) is 1.35. The number of aliphatic hydroxyl groups excluding tert-OH is 1. The summed E-state index contributed by atoms with van der Waals surface area (Å²) in [5, 5.41) is 35.4. The Kier molecular flexibility index (Phi) is 5.73. The minimum atomic E-state index is -2.34. The average Bonchev–Trinajstić information content (AvgIpc) is 2.24. The summed E-state index contributed by atoms with van der Waals surface area (Å²) in [6, 6.07) is 0. The second kappa shape index (κ2) is 6.31. The average molecular weight is 264 g/mol. The quantitative estimate of drug-likeness (QED) is 0.461. The summed E-state index contributed by atoms with van der Waals surface area (Å²) in [6.45, 7) is 2.79. The summed E-state index contributed by atoms with van der Waals surface area (Å²) in [5.74, 6) is -4.96. The molecule has 0 aromatic carbocycles. The second-order valence-electron chi connectivity index (χ2n) is 3.95. The molecule has 4 N–H and O–H groups in total. The van der Waals surface area contributed by atoms with Crippen LogP contribution in [0.1, 0.15) is 26.7 Å². The van der Waals surface area contributed by atoms with Gasteiger partial charge in [-0.15, -0.1) is 0 Å². The first-order valence-corrected chi connectivity index (χ1v) is 5.20. The molecule has 0 aromatic heterocycles. The van der Waals surface area contributed by atoms with Gasteiger partial charge < -0.3 is 25.2 Å². The van der Waals surface area contributed by atoms with Crippen LogP contribution in [0.25, 0.3) is 0 Å². The minimum Gasteiger partial charge on any atom is -0.479 e. The standard InChI is InChI=1S/C10H16O8/c1-3-4-10(2,9(16)17)18-6(8(14)15)5(11)7(12)13/h5-6,11H,3-4H2,1-2H3,(H,12,13)(H,14,15)(H,16,17). The van der Waals surface area contributed by atoms with E-state index in [1.54, 1.807) is 6.92 Å². The molecule has 0 heterocycles. The van der Waals surface area contributed by atoms with Crippen LogP contribution in [0, 0.1) is 0 Å². The number of carboxylic acid groups (broad SMARTS) is 3. The van der Waals surface area contributed by atoms with Crippen LogP contribution < -0.4 is 0 Å². The number of hydrogen-bond acceptors (Lipinski definition) is 5. The van der Waals surface area contributed by atoms with Crippen LogP contribution in [0.15, 0.2) is 0 Å². The summed E-state index contributed by atoms with van der Waals surface area (Å²) in [6.07, 6.45) is -4.11. The van der Waals surface area contributed by atoms with E-state index in [0.29, 0.717) is 6.42 Å². The molecule has 0 rings (SSSR count). The molecule has 8 nitrogen and oxygen atoms in total. The molecule has 18 heavy (non-hydrogen) atoms. The molecule has 0 saturated carbocycles. The second-order valence-corrected chi connectivity index (χ2v) is 3.95. The Morgan fingerprint density at radius 1 is 1.17 bits per heavy atom. The highest BCUT2D eigenvalue weighted by Crippen LogP contribution is 2.22. The fraction of sp³-hybridized carbons (Fsp3) is 0.700. The van der Waals surface area contributed by atoms with Crippen molar-refractivity contribution in [3.05, 3.63) is 0 Å². The zero-order valence-corrected chi connectivity index (χ0v) is 9.99. The molecule has 8 heteroatoms. The largest absolute Gasteiger partial charge is 0.479 e. The van der Waals surface area contributed by atoms with Crippen molar-refractivity contribution in [3.8, 4) is 0 Å². The van der Waals surface area contributed by atoms with Gasteiger partial charge >= 0.3 is 17.9 Å². The number of aliphatic carboxylic acids is 3. The highest BCUT2D eigenvalue weighted by molar-refractivity contribution is 5.84. The van der Waals surface area contributed by atoms with Crippen LogP contribution in [0.2, 0.25) is 0 Å². The molecular weight excluding hydrogens is 248 g/mol. The molecule has 0 amide bonds. The first kappa shape index (κ1) is 16.3. The molecule has 0 saturated heterocycles. The van der Waals surface area contributed by atoms with Gasteiger partial charge in [0.2, 0.25) is 0 Å². The van der Waals surface area contributed by atoms with E-state index in [1.165, 1.54) is 0 Å². The van der Waals surface area contributed by atoms with Gasteiger partial charge in [-0.25, -0.2) is 14.4 Å². The lowest BCUT2D eigenvalue weighted by Crippen LogP contribution is -2.50. The van der Waals surface area contributed by atoms with Gasteiger partial charge in [-0.1, -0.05) is 13.3 Å². The molecule has 3 atom stereocenters. The number of carboxylic acids is 3. The Hall–Kier alpha value is -1.67. The lowest BCUT2D eigenvalue weighted by atomic mass is 9.99.